The van der Waals surface area contributed by atoms with Crippen molar-refractivity contribution in [3.63, 3.8) is 0 Å². The van der Waals surface area contributed by atoms with E-state index in [1.165, 1.54) is 0 Å². The smallest absolute Gasteiger partial charge is 0.166 e. The van der Waals surface area contributed by atoms with Crippen molar-refractivity contribution in [2.45, 2.75) is 6.92 Å². The third-order valence-corrected chi connectivity index (χ3v) is 4.08. The Morgan fingerprint density at radius 2 is 1.56 bits per heavy atom. The molecule has 4 nitrogen and oxygen atoms in total. The van der Waals surface area contributed by atoms with Crippen molar-refractivity contribution in [1.29, 1.82) is 0 Å². The number of hydrogen-bond donors (Lipinski definition) is 1. The summed E-state index contributed by atoms with van der Waals surface area (Å²) in [5, 5.41) is 11.4. The van der Waals surface area contributed by atoms with Gasteiger partial charge in [0.1, 0.15) is 11.5 Å². The predicted molar refractivity (Wildman–Crippen MR) is 110 cm³/mol. The molecule has 0 unspecified atom stereocenters. The number of phenols is 1. The third kappa shape index (κ3) is 5.16. The van der Waals surface area contributed by atoms with Crippen LogP contribution in [-0.2, 0) is 0 Å². The Kier molecular flexibility index (Phi) is 6.22. The van der Waals surface area contributed by atoms with E-state index < -0.39 is 0 Å². The molecule has 3 aromatic carbocycles. The molecule has 0 bridgehead atoms. The van der Waals surface area contributed by atoms with Crippen LogP contribution in [0.3, 0.4) is 0 Å². The molecule has 0 atom stereocenters. The average Bonchev–Trinajstić information content (AvgIpc) is 2.66. The molecule has 0 fully saturated rings. The third-order valence-electron chi connectivity index (χ3n) is 3.61. The second-order valence-electron chi connectivity index (χ2n) is 5.58. The molecular formula is C21H17Cl2NO3. The molecule has 138 valence electrons. The normalized spacial score (nSPS) is 10.9. The molecule has 3 aromatic rings. The number of ether oxygens (including phenoxy) is 2. The van der Waals surface area contributed by atoms with E-state index in [1.807, 2.05) is 31.2 Å². The Labute approximate surface area is 167 Å². The van der Waals surface area contributed by atoms with E-state index in [1.54, 1.807) is 42.6 Å². The summed E-state index contributed by atoms with van der Waals surface area (Å²) in [6.07, 6.45) is 1.54. The van der Waals surface area contributed by atoms with Gasteiger partial charge in [0.2, 0.25) is 0 Å². The van der Waals surface area contributed by atoms with Gasteiger partial charge in [-0.2, -0.15) is 0 Å². The van der Waals surface area contributed by atoms with Gasteiger partial charge in [0, 0.05) is 27.9 Å². The quantitative estimate of drug-likeness (QED) is 0.470. The van der Waals surface area contributed by atoms with Crippen LogP contribution < -0.4 is 9.47 Å². The molecular weight excluding hydrogens is 385 g/mol. The number of halogens is 2. The molecule has 0 saturated carbocycles. The lowest BCUT2D eigenvalue weighted by Crippen LogP contribution is -1.94. The zero-order chi connectivity index (χ0) is 19.2. The largest absolute Gasteiger partial charge is 0.504 e. The van der Waals surface area contributed by atoms with E-state index in [2.05, 4.69) is 4.99 Å². The molecule has 0 spiro atoms. The number of aliphatic imine (C=N–C) groups is 1. The molecule has 0 aliphatic heterocycles. The number of benzene rings is 3. The van der Waals surface area contributed by atoms with Gasteiger partial charge < -0.3 is 14.6 Å². The maximum absolute atomic E-state index is 10.2. The molecule has 0 saturated heterocycles. The van der Waals surface area contributed by atoms with E-state index in [0.717, 1.165) is 0 Å². The van der Waals surface area contributed by atoms with Crippen LogP contribution in [-0.4, -0.2) is 17.9 Å². The molecule has 27 heavy (non-hydrogen) atoms. The fraction of sp³-hybridized carbons (Fsp3) is 0.0952. The highest BCUT2D eigenvalue weighted by Gasteiger charge is 2.09. The molecule has 6 heteroatoms. The molecule has 0 heterocycles. The van der Waals surface area contributed by atoms with E-state index in [-0.39, 0.29) is 5.75 Å². The van der Waals surface area contributed by atoms with Crippen LogP contribution in [0.4, 0.5) is 5.69 Å². The maximum atomic E-state index is 10.2. The summed E-state index contributed by atoms with van der Waals surface area (Å²) in [7, 11) is 0. The van der Waals surface area contributed by atoms with Crippen LogP contribution in [0.15, 0.2) is 65.7 Å². The van der Waals surface area contributed by atoms with Crippen LogP contribution in [0, 0.1) is 0 Å². The Morgan fingerprint density at radius 3 is 2.19 bits per heavy atom. The van der Waals surface area contributed by atoms with Gasteiger partial charge in [-0.25, -0.2) is 0 Å². The fourth-order valence-corrected chi connectivity index (χ4v) is 2.68. The van der Waals surface area contributed by atoms with Crippen molar-refractivity contribution in [2.24, 2.45) is 4.99 Å². The Bertz CT molecular complexity index is 939. The Hall–Kier alpha value is -2.69. The monoisotopic (exact) mass is 401 g/mol. The van der Waals surface area contributed by atoms with Gasteiger partial charge in [0.05, 0.1) is 12.3 Å². The highest BCUT2D eigenvalue weighted by Crippen LogP contribution is 2.33. The zero-order valence-electron chi connectivity index (χ0n) is 14.5. The van der Waals surface area contributed by atoms with E-state index >= 15 is 0 Å². The van der Waals surface area contributed by atoms with Crippen molar-refractivity contribution in [3.05, 3.63) is 76.3 Å². The summed E-state index contributed by atoms with van der Waals surface area (Å²) < 4.78 is 11.1. The summed E-state index contributed by atoms with van der Waals surface area (Å²) in [6.45, 7) is 2.27. The second kappa shape index (κ2) is 8.80. The van der Waals surface area contributed by atoms with Crippen molar-refractivity contribution >= 4 is 35.1 Å². The lowest BCUT2D eigenvalue weighted by atomic mass is 10.2. The molecule has 1 N–H and O–H groups in total. The van der Waals surface area contributed by atoms with E-state index in [9.17, 15) is 5.11 Å². The first-order valence-electron chi connectivity index (χ1n) is 8.28. The molecule has 0 amide bonds. The SMILES string of the molecule is CCOc1cc(Cl)cc(C=Nc2ccc(Oc3ccc(Cl)cc3)cc2)c1O. The van der Waals surface area contributed by atoms with Crippen LogP contribution in [0.5, 0.6) is 23.0 Å². The van der Waals surface area contributed by atoms with E-state index in [4.69, 9.17) is 32.7 Å². The molecule has 0 radical (unpaired) electrons. The second-order valence-corrected chi connectivity index (χ2v) is 6.46. The van der Waals surface area contributed by atoms with Gasteiger partial charge in [-0.3, -0.25) is 4.99 Å². The van der Waals surface area contributed by atoms with Crippen molar-refractivity contribution in [2.75, 3.05) is 6.61 Å². The number of rotatable bonds is 6. The number of phenolic OH excluding ortho intramolecular Hbond substituents is 1. The summed E-state index contributed by atoms with van der Waals surface area (Å²) in [6, 6.07) is 17.6. The van der Waals surface area contributed by atoms with Gasteiger partial charge in [-0.1, -0.05) is 23.2 Å². The highest BCUT2D eigenvalue weighted by molar-refractivity contribution is 6.31. The Balaban J connectivity index is 1.73. The molecule has 0 aromatic heterocycles. The summed E-state index contributed by atoms with van der Waals surface area (Å²) in [5.74, 6) is 1.72. The lowest BCUT2D eigenvalue weighted by molar-refractivity contribution is 0.318. The summed E-state index contributed by atoms with van der Waals surface area (Å²) >= 11 is 11.9. The highest BCUT2D eigenvalue weighted by atomic mass is 35.5. The number of nitrogens with zero attached hydrogens (tertiary/aromatic N) is 1. The van der Waals surface area contributed by atoms with Crippen LogP contribution in [0.25, 0.3) is 0 Å². The standard InChI is InChI=1S/C21H17Cl2NO3/c1-2-26-20-12-16(23)11-14(21(20)25)13-24-17-5-9-19(10-6-17)27-18-7-3-15(22)4-8-18/h3-13,25H,2H2,1H3. The topological polar surface area (TPSA) is 51.0 Å². The lowest BCUT2D eigenvalue weighted by Gasteiger charge is -2.08. The fourth-order valence-electron chi connectivity index (χ4n) is 2.34. The first-order chi connectivity index (χ1) is 13.0. The minimum atomic E-state index is 0.00712. The zero-order valence-corrected chi connectivity index (χ0v) is 16.0. The van der Waals surface area contributed by atoms with Crippen molar-refractivity contribution in [3.8, 4) is 23.0 Å². The van der Waals surface area contributed by atoms with E-state index in [0.29, 0.717) is 45.2 Å². The van der Waals surface area contributed by atoms with Crippen molar-refractivity contribution < 1.29 is 14.6 Å². The van der Waals surface area contributed by atoms with Crippen LogP contribution >= 0.6 is 23.2 Å². The van der Waals surface area contributed by atoms with Gasteiger partial charge in [-0.05, 0) is 61.5 Å². The maximum Gasteiger partial charge on any atom is 0.166 e. The van der Waals surface area contributed by atoms with Gasteiger partial charge in [0.25, 0.3) is 0 Å². The van der Waals surface area contributed by atoms with Crippen LogP contribution in [0.2, 0.25) is 10.0 Å². The first kappa shape index (κ1) is 19.1. The minimum Gasteiger partial charge on any atom is -0.504 e. The predicted octanol–water partition coefficient (Wildman–Crippen LogP) is 6.64. The average molecular weight is 402 g/mol. The number of hydrogen-bond acceptors (Lipinski definition) is 4. The van der Waals surface area contributed by atoms with Crippen molar-refractivity contribution in [1.82, 2.24) is 0 Å². The number of aromatic hydroxyl groups is 1. The molecule has 0 aliphatic carbocycles. The Morgan fingerprint density at radius 1 is 0.926 bits per heavy atom. The van der Waals surface area contributed by atoms with Crippen LogP contribution in [0.1, 0.15) is 12.5 Å². The minimum absolute atomic E-state index is 0.00712. The first-order valence-corrected chi connectivity index (χ1v) is 9.03. The molecule has 0 aliphatic rings. The molecule has 3 rings (SSSR count). The van der Waals surface area contributed by atoms with Gasteiger partial charge in [-0.15, -0.1) is 0 Å². The summed E-state index contributed by atoms with van der Waals surface area (Å²) in [4.78, 5) is 4.37. The van der Waals surface area contributed by atoms with Gasteiger partial charge >= 0.3 is 0 Å². The van der Waals surface area contributed by atoms with Gasteiger partial charge in [0.15, 0.2) is 11.5 Å². The summed E-state index contributed by atoms with van der Waals surface area (Å²) in [5.41, 5.74) is 1.18.